The largest absolute Gasteiger partial charge is 0.492 e. The van der Waals surface area contributed by atoms with Crippen LogP contribution in [0.4, 0.5) is 0 Å². The number of ketones is 1. The summed E-state index contributed by atoms with van der Waals surface area (Å²) in [6.07, 6.45) is 1.90. The van der Waals surface area contributed by atoms with Crippen molar-refractivity contribution < 1.29 is 19.1 Å². The van der Waals surface area contributed by atoms with Crippen LogP contribution >= 0.6 is 0 Å². The number of rotatable bonds is 3. The quantitative estimate of drug-likeness (QED) is 0.875. The first-order valence-corrected chi connectivity index (χ1v) is 9.11. The standard InChI is InChI=1S/C21H20N2O4/c24-18-8-10-27-19-12-14(6-7-16(18)19)13-3-1-4-15(11-13)20(25)23-17-5-2-9-22-21(17)26/h1,3-4,6-7,11-12,17H,2,5,8-10H2,(H,22,26)(H,23,25). The first kappa shape index (κ1) is 17.3. The normalized spacial score (nSPS) is 18.9. The number of nitrogens with one attached hydrogen (secondary N) is 2. The number of carbonyl (C=O) groups is 3. The summed E-state index contributed by atoms with van der Waals surface area (Å²) in [5.41, 5.74) is 2.80. The third kappa shape index (κ3) is 3.56. The van der Waals surface area contributed by atoms with E-state index >= 15 is 0 Å². The predicted molar refractivity (Wildman–Crippen MR) is 99.8 cm³/mol. The van der Waals surface area contributed by atoms with Gasteiger partial charge in [0.15, 0.2) is 5.78 Å². The highest BCUT2D eigenvalue weighted by atomic mass is 16.5. The molecule has 2 aromatic rings. The summed E-state index contributed by atoms with van der Waals surface area (Å²) < 4.78 is 5.60. The van der Waals surface area contributed by atoms with Crippen molar-refractivity contribution in [2.24, 2.45) is 0 Å². The van der Waals surface area contributed by atoms with Gasteiger partial charge in [-0.25, -0.2) is 0 Å². The molecule has 6 nitrogen and oxygen atoms in total. The fraction of sp³-hybridized carbons (Fsp3) is 0.286. The number of fused-ring (bicyclic) bond motifs is 1. The van der Waals surface area contributed by atoms with Crippen molar-refractivity contribution in [1.29, 1.82) is 0 Å². The highest BCUT2D eigenvalue weighted by molar-refractivity contribution is 6.01. The van der Waals surface area contributed by atoms with Gasteiger partial charge in [-0.2, -0.15) is 0 Å². The average molecular weight is 364 g/mol. The number of Topliss-reactive ketones (excluding diaryl/α,β-unsaturated/α-hetero) is 1. The molecule has 2 heterocycles. The Hall–Kier alpha value is -3.15. The SMILES string of the molecule is O=C(NC1CCCNC1=O)c1cccc(-c2ccc3c(c2)OCCC3=O)c1. The summed E-state index contributed by atoms with van der Waals surface area (Å²) >= 11 is 0. The third-order valence-corrected chi connectivity index (χ3v) is 4.92. The van der Waals surface area contributed by atoms with E-state index in [-0.39, 0.29) is 17.6 Å². The van der Waals surface area contributed by atoms with Crippen LogP contribution in [-0.4, -0.2) is 36.8 Å². The van der Waals surface area contributed by atoms with E-state index in [4.69, 9.17) is 4.74 Å². The zero-order valence-electron chi connectivity index (χ0n) is 14.8. The number of benzene rings is 2. The van der Waals surface area contributed by atoms with E-state index in [1.165, 1.54) is 0 Å². The van der Waals surface area contributed by atoms with Gasteiger partial charge in [-0.15, -0.1) is 0 Å². The number of carbonyl (C=O) groups excluding carboxylic acids is 3. The lowest BCUT2D eigenvalue weighted by molar-refractivity contribution is -0.124. The van der Waals surface area contributed by atoms with Gasteiger partial charge in [0.2, 0.25) is 5.91 Å². The molecule has 138 valence electrons. The van der Waals surface area contributed by atoms with Crippen LogP contribution in [0.15, 0.2) is 42.5 Å². The molecule has 2 aliphatic heterocycles. The molecule has 6 heteroatoms. The maximum atomic E-state index is 12.6. The molecule has 2 N–H and O–H groups in total. The minimum absolute atomic E-state index is 0.0849. The second-order valence-corrected chi connectivity index (χ2v) is 6.77. The molecule has 2 aliphatic rings. The van der Waals surface area contributed by atoms with Crippen LogP contribution in [0, 0.1) is 0 Å². The first-order chi connectivity index (χ1) is 13.1. The number of hydrogen-bond donors (Lipinski definition) is 2. The van der Waals surface area contributed by atoms with Crippen molar-refractivity contribution in [1.82, 2.24) is 10.6 Å². The molecule has 1 atom stereocenters. The fourth-order valence-corrected chi connectivity index (χ4v) is 3.43. The maximum Gasteiger partial charge on any atom is 0.251 e. The third-order valence-electron chi connectivity index (χ3n) is 4.92. The monoisotopic (exact) mass is 364 g/mol. The molecule has 0 bridgehead atoms. The Morgan fingerprint density at radius 3 is 2.81 bits per heavy atom. The Labute approximate surface area is 156 Å². The molecule has 0 aliphatic carbocycles. The van der Waals surface area contributed by atoms with E-state index in [0.717, 1.165) is 17.5 Å². The van der Waals surface area contributed by atoms with Crippen molar-refractivity contribution in [3.05, 3.63) is 53.6 Å². The molecule has 0 saturated carbocycles. The Morgan fingerprint density at radius 1 is 1.11 bits per heavy atom. The van der Waals surface area contributed by atoms with E-state index < -0.39 is 6.04 Å². The topological polar surface area (TPSA) is 84.5 Å². The van der Waals surface area contributed by atoms with Crippen LogP contribution in [0.3, 0.4) is 0 Å². The minimum Gasteiger partial charge on any atom is -0.492 e. The first-order valence-electron chi connectivity index (χ1n) is 9.11. The van der Waals surface area contributed by atoms with Gasteiger partial charge in [0.1, 0.15) is 11.8 Å². The van der Waals surface area contributed by atoms with E-state index in [9.17, 15) is 14.4 Å². The van der Waals surface area contributed by atoms with Gasteiger partial charge in [-0.1, -0.05) is 18.2 Å². The molecule has 27 heavy (non-hydrogen) atoms. The Bertz CT molecular complexity index is 922. The van der Waals surface area contributed by atoms with Gasteiger partial charge in [0.05, 0.1) is 12.2 Å². The molecule has 2 amide bonds. The molecule has 1 unspecified atom stereocenters. The molecule has 1 fully saturated rings. The number of amides is 2. The van der Waals surface area contributed by atoms with Crippen LogP contribution < -0.4 is 15.4 Å². The van der Waals surface area contributed by atoms with Crippen LogP contribution in [0.5, 0.6) is 5.75 Å². The van der Waals surface area contributed by atoms with E-state index in [0.29, 0.717) is 42.9 Å². The zero-order valence-corrected chi connectivity index (χ0v) is 14.8. The van der Waals surface area contributed by atoms with Crippen molar-refractivity contribution in [2.75, 3.05) is 13.2 Å². The molecular weight excluding hydrogens is 344 g/mol. The number of piperidine rings is 1. The van der Waals surface area contributed by atoms with Crippen LogP contribution in [0.1, 0.15) is 40.0 Å². The molecule has 1 saturated heterocycles. The lowest BCUT2D eigenvalue weighted by Crippen LogP contribution is -2.50. The lowest BCUT2D eigenvalue weighted by atomic mass is 9.97. The highest BCUT2D eigenvalue weighted by Gasteiger charge is 2.24. The van der Waals surface area contributed by atoms with Crippen LogP contribution in [0.2, 0.25) is 0 Å². The molecular formula is C21H20N2O4. The summed E-state index contributed by atoms with van der Waals surface area (Å²) in [6.45, 7) is 1.05. The number of hydrogen-bond acceptors (Lipinski definition) is 4. The van der Waals surface area contributed by atoms with Crippen LogP contribution in [0.25, 0.3) is 11.1 Å². The predicted octanol–water partition coefficient (Wildman–Crippen LogP) is 2.33. The van der Waals surface area contributed by atoms with E-state index in [1.807, 2.05) is 18.2 Å². The van der Waals surface area contributed by atoms with E-state index in [2.05, 4.69) is 10.6 Å². The number of ether oxygens (including phenoxy) is 1. The summed E-state index contributed by atoms with van der Waals surface area (Å²) in [7, 11) is 0. The highest BCUT2D eigenvalue weighted by Crippen LogP contribution is 2.31. The van der Waals surface area contributed by atoms with Crippen molar-refractivity contribution in [2.45, 2.75) is 25.3 Å². The second-order valence-electron chi connectivity index (χ2n) is 6.77. The van der Waals surface area contributed by atoms with Crippen molar-refractivity contribution >= 4 is 17.6 Å². The lowest BCUT2D eigenvalue weighted by Gasteiger charge is -2.22. The van der Waals surface area contributed by atoms with Crippen LogP contribution in [-0.2, 0) is 4.79 Å². The van der Waals surface area contributed by atoms with Crippen molar-refractivity contribution in [3.63, 3.8) is 0 Å². The molecule has 2 aromatic carbocycles. The van der Waals surface area contributed by atoms with Gasteiger partial charge in [-0.05, 0) is 48.2 Å². The van der Waals surface area contributed by atoms with Gasteiger partial charge in [0.25, 0.3) is 5.91 Å². The summed E-state index contributed by atoms with van der Waals surface area (Å²) in [6, 6.07) is 12.2. The van der Waals surface area contributed by atoms with Gasteiger partial charge in [0, 0.05) is 18.5 Å². The fourth-order valence-electron chi connectivity index (χ4n) is 3.43. The van der Waals surface area contributed by atoms with Crippen molar-refractivity contribution in [3.8, 4) is 16.9 Å². The molecule has 0 spiro atoms. The maximum absolute atomic E-state index is 12.6. The Kier molecular flexibility index (Phi) is 4.62. The van der Waals surface area contributed by atoms with Gasteiger partial charge in [-0.3, -0.25) is 14.4 Å². The Morgan fingerprint density at radius 2 is 1.96 bits per heavy atom. The second kappa shape index (κ2) is 7.23. The van der Waals surface area contributed by atoms with E-state index in [1.54, 1.807) is 24.3 Å². The minimum atomic E-state index is -0.488. The average Bonchev–Trinajstić information content (AvgIpc) is 2.70. The zero-order chi connectivity index (χ0) is 18.8. The Balaban J connectivity index is 1.56. The van der Waals surface area contributed by atoms with Gasteiger partial charge >= 0.3 is 0 Å². The molecule has 0 radical (unpaired) electrons. The summed E-state index contributed by atoms with van der Waals surface area (Å²) in [4.78, 5) is 36.3. The van der Waals surface area contributed by atoms with Gasteiger partial charge < -0.3 is 15.4 Å². The molecule has 4 rings (SSSR count). The summed E-state index contributed by atoms with van der Waals surface area (Å²) in [5, 5.41) is 5.56. The molecule has 0 aromatic heterocycles. The summed E-state index contributed by atoms with van der Waals surface area (Å²) in [5.74, 6) is 0.254. The smallest absolute Gasteiger partial charge is 0.251 e.